The summed E-state index contributed by atoms with van der Waals surface area (Å²) < 4.78 is 18.0. The zero-order valence-corrected chi connectivity index (χ0v) is 17.0. The van der Waals surface area contributed by atoms with Crippen LogP contribution >= 0.6 is 0 Å². The number of nitrogens with zero attached hydrogens (tertiary/aromatic N) is 4. The lowest BCUT2D eigenvalue weighted by molar-refractivity contribution is -0.118. The van der Waals surface area contributed by atoms with E-state index in [9.17, 15) is 4.79 Å². The van der Waals surface area contributed by atoms with Gasteiger partial charge in [0.2, 0.25) is 12.7 Å². The summed E-state index contributed by atoms with van der Waals surface area (Å²) >= 11 is 0. The Kier molecular flexibility index (Phi) is 4.62. The molecule has 0 bridgehead atoms. The number of fused-ring (bicyclic) bond motifs is 2. The molecule has 0 fully saturated rings. The molecule has 9 nitrogen and oxygen atoms in total. The SMILES string of the molecule is Cc1cc(C)cc(-n2ncc3c(OCC(=O)Nc4ccc5c(c4)OCO5)ncnc32)c1. The van der Waals surface area contributed by atoms with Crippen molar-refractivity contribution in [3.63, 3.8) is 0 Å². The smallest absolute Gasteiger partial charge is 0.262 e. The average Bonchev–Trinajstić information content (AvgIpc) is 3.38. The number of benzene rings is 2. The second-order valence-electron chi connectivity index (χ2n) is 7.22. The van der Waals surface area contributed by atoms with Crippen molar-refractivity contribution in [2.75, 3.05) is 18.7 Å². The minimum Gasteiger partial charge on any atom is -0.467 e. The van der Waals surface area contributed by atoms with Crippen LogP contribution in [0.15, 0.2) is 48.9 Å². The summed E-state index contributed by atoms with van der Waals surface area (Å²) in [6.45, 7) is 4.03. The van der Waals surface area contributed by atoms with Gasteiger partial charge >= 0.3 is 0 Å². The van der Waals surface area contributed by atoms with Crippen LogP contribution in [0.1, 0.15) is 11.1 Å². The van der Waals surface area contributed by atoms with Crippen molar-refractivity contribution < 1.29 is 19.0 Å². The molecule has 156 valence electrons. The molecule has 2 aromatic heterocycles. The zero-order valence-electron chi connectivity index (χ0n) is 17.0. The summed E-state index contributed by atoms with van der Waals surface area (Å²) in [5.41, 5.74) is 4.35. The predicted octanol–water partition coefficient (Wildman–Crippen LogP) is 3.18. The first-order valence-electron chi connectivity index (χ1n) is 9.66. The summed E-state index contributed by atoms with van der Waals surface area (Å²) in [5.74, 6) is 1.21. The molecule has 1 N–H and O–H groups in total. The van der Waals surface area contributed by atoms with Gasteiger partial charge in [-0.1, -0.05) is 6.07 Å². The molecule has 1 aliphatic rings. The van der Waals surface area contributed by atoms with E-state index in [1.807, 2.05) is 26.0 Å². The molecule has 0 unspecified atom stereocenters. The maximum atomic E-state index is 12.4. The van der Waals surface area contributed by atoms with Gasteiger partial charge in [0.25, 0.3) is 5.91 Å². The Balaban J connectivity index is 1.33. The third-order valence-corrected chi connectivity index (χ3v) is 4.78. The normalized spacial score (nSPS) is 12.2. The van der Waals surface area contributed by atoms with Crippen molar-refractivity contribution >= 4 is 22.6 Å². The van der Waals surface area contributed by atoms with Crippen LogP contribution in [-0.4, -0.2) is 39.1 Å². The Morgan fingerprint density at radius 2 is 1.90 bits per heavy atom. The van der Waals surface area contributed by atoms with Crippen LogP contribution in [0.5, 0.6) is 17.4 Å². The van der Waals surface area contributed by atoms with E-state index in [1.165, 1.54) is 6.33 Å². The van der Waals surface area contributed by atoms with Crippen LogP contribution in [-0.2, 0) is 4.79 Å². The highest BCUT2D eigenvalue weighted by Gasteiger charge is 2.16. The van der Waals surface area contributed by atoms with Gasteiger partial charge in [-0.2, -0.15) is 5.10 Å². The minimum atomic E-state index is -0.327. The van der Waals surface area contributed by atoms with Crippen LogP contribution in [0, 0.1) is 13.8 Å². The Labute approximate surface area is 177 Å². The zero-order chi connectivity index (χ0) is 21.4. The first-order valence-corrected chi connectivity index (χ1v) is 9.66. The van der Waals surface area contributed by atoms with Crippen molar-refractivity contribution in [3.8, 4) is 23.1 Å². The van der Waals surface area contributed by atoms with Crippen LogP contribution in [0.3, 0.4) is 0 Å². The summed E-state index contributed by atoms with van der Waals surface area (Å²) in [7, 11) is 0. The van der Waals surface area contributed by atoms with Crippen molar-refractivity contribution in [2.24, 2.45) is 0 Å². The second kappa shape index (κ2) is 7.60. The van der Waals surface area contributed by atoms with E-state index < -0.39 is 0 Å². The maximum Gasteiger partial charge on any atom is 0.262 e. The summed E-state index contributed by atoms with van der Waals surface area (Å²) in [4.78, 5) is 20.9. The van der Waals surface area contributed by atoms with Gasteiger partial charge in [0.05, 0.1) is 11.9 Å². The fourth-order valence-corrected chi connectivity index (χ4v) is 3.50. The Morgan fingerprint density at radius 1 is 1.10 bits per heavy atom. The molecule has 4 aromatic rings. The number of rotatable bonds is 5. The molecular weight excluding hydrogens is 398 g/mol. The highest BCUT2D eigenvalue weighted by molar-refractivity contribution is 5.92. The predicted molar refractivity (Wildman–Crippen MR) is 113 cm³/mol. The molecule has 0 aliphatic carbocycles. The number of aryl methyl sites for hydroxylation is 2. The second-order valence-corrected chi connectivity index (χ2v) is 7.22. The van der Waals surface area contributed by atoms with Gasteiger partial charge in [-0.05, 0) is 49.2 Å². The van der Waals surface area contributed by atoms with E-state index in [1.54, 1.807) is 29.1 Å². The summed E-state index contributed by atoms with van der Waals surface area (Å²) in [6.07, 6.45) is 3.03. The highest BCUT2D eigenvalue weighted by Crippen LogP contribution is 2.34. The molecular formula is C22H19N5O4. The van der Waals surface area contributed by atoms with E-state index in [2.05, 4.69) is 26.4 Å². The topological polar surface area (TPSA) is 100 Å². The number of carbonyl (C=O) groups is 1. The molecule has 9 heteroatoms. The van der Waals surface area contributed by atoms with Gasteiger partial charge in [0, 0.05) is 11.8 Å². The molecule has 1 amide bonds. The van der Waals surface area contributed by atoms with E-state index in [-0.39, 0.29) is 19.3 Å². The summed E-state index contributed by atoms with van der Waals surface area (Å²) in [5, 5.41) is 7.84. The van der Waals surface area contributed by atoms with Gasteiger partial charge in [0.1, 0.15) is 11.7 Å². The monoisotopic (exact) mass is 417 g/mol. The third-order valence-electron chi connectivity index (χ3n) is 4.78. The van der Waals surface area contributed by atoms with E-state index in [0.717, 1.165) is 16.8 Å². The molecule has 0 saturated heterocycles. The van der Waals surface area contributed by atoms with Gasteiger partial charge in [0.15, 0.2) is 23.8 Å². The third kappa shape index (κ3) is 3.73. The fraction of sp³-hybridized carbons (Fsp3) is 0.182. The number of hydrogen-bond donors (Lipinski definition) is 1. The molecule has 0 atom stereocenters. The molecule has 0 saturated carbocycles. The van der Waals surface area contributed by atoms with Crippen molar-refractivity contribution in [1.82, 2.24) is 19.7 Å². The van der Waals surface area contributed by atoms with Crippen LogP contribution in [0.25, 0.3) is 16.7 Å². The molecule has 2 aromatic carbocycles. The van der Waals surface area contributed by atoms with E-state index >= 15 is 0 Å². The summed E-state index contributed by atoms with van der Waals surface area (Å²) in [6, 6.07) is 11.3. The lowest BCUT2D eigenvalue weighted by atomic mass is 10.1. The fourth-order valence-electron chi connectivity index (χ4n) is 3.50. The number of anilines is 1. The van der Waals surface area contributed by atoms with Gasteiger partial charge in [-0.3, -0.25) is 4.79 Å². The highest BCUT2D eigenvalue weighted by atomic mass is 16.7. The van der Waals surface area contributed by atoms with Crippen LogP contribution in [0.4, 0.5) is 5.69 Å². The lowest BCUT2D eigenvalue weighted by Crippen LogP contribution is -2.20. The number of carbonyl (C=O) groups excluding carboxylic acids is 1. The number of nitrogens with one attached hydrogen (secondary N) is 1. The minimum absolute atomic E-state index is 0.176. The van der Waals surface area contributed by atoms with Crippen molar-refractivity contribution in [1.29, 1.82) is 0 Å². The molecule has 1 aliphatic heterocycles. The lowest BCUT2D eigenvalue weighted by Gasteiger charge is -2.09. The number of ether oxygens (including phenoxy) is 3. The van der Waals surface area contributed by atoms with E-state index in [0.29, 0.717) is 34.1 Å². The number of hydrogen-bond acceptors (Lipinski definition) is 7. The quantitative estimate of drug-likeness (QED) is 0.532. The molecule has 0 radical (unpaired) electrons. The first kappa shape index (κ1) is 18.9. The molecule has 5 rings (SSSR count). The van der Waals surface area contributed by atoms with Crippen molar-refractivity contribution in [2.45, 2.75) is 13.8 Å². The first-order chi connectivity index (χ1) is 15.1. The van der Waals surface area contributed by atoms with Gasteiger partial charge in [-0.25, -0.2) is 14.6 Å². The standard InChI is InChI=1S/C22H19N5O4/c1-13-5-14(2)7-16(6-13)27-21-17(9-25-27)22(24-11-23-21)29-10-20(28)26-15-3-4-18-19(8-15)31-12-30-18/h3-9,11H,10,12H2,1-2H3,(H,26,28). The Hall–Kier alpha value is -4.14. The van der Waals surface area contributed by atoms with Crippen LogP contribution < -0.4 is 19.5 Å². The molecule has 3 heterocycles. The largest absolute Gasteiger partial charge is 0.467 e. The number of amides is 1. The van der Waals surface area contributed by atoms with Crippen LogP contribution in [0.2, 0.25) is 0 Å². The Morgan fingerprint density at radius 3 is 2.74 bits per heavy atom. The average molecular weight is 417 g/mol. The molecule has 0 spiro atoms. The Bertz CT molecular complexity index is 1280. The van der Waals surface area contributed by atoms with Gasteiger partial charge in [-0.15, -0.1) is 0 Å². The van der Waals surface area contributed by atoms with Crippen molar-refractivity contribution in [3.05, 3.63) is 60.0 Å². The van der Waals surface area contributed by atoms with E-state index in [4.69, 9.17) is 14.2 Å². The molecule has 31 heavy (non-hydrogen) atoms. The van der Waals surface area contributed by atoms with Gasteiger partial charge < -0.3 is 19.5 Å². The number of aromatic nitrogens is 4. The maximum absolute atomic E-state index is 12.4.